The quantitative estimate of drug-likeness (QED) is 0.789. The lowest BCUT2D eigenvalue weighted by atomic mass is 10.1. The van der Waals surface area contributed by atoms with Gasteiger partial charge in [0.2, 0.25) is 5.88 Å². The zero-order valence-electron chi connectivity index (χ0n) is 10.8. The van der Waals surface area contributed by atoms with Crippen LogP contribution >= 0.6 is 11.6 Å². The number of ether oxygens (including phenoxy) is 2. The van der Waals surface area contributed by atoms with Gasteiger partial charge in [0.1, 0.15) is 12.1 Å². The molecule has 0 N–H and O–H groups in total. The highest BCUT2D eigenvalue weighted by Gasteiger charge is 2.11. The van der Waals surface area contributed by atoms with Crippen LogP contribution in [0.5, 0.6) is 11.6 Å². The molecule has 0 radical (unpaired) electrons. The van der Waals surface area contributed by atoms with Gasteiger partial charge in [0, 0.05) is 18.2 Å². The molecule has 0 bridgehead atoms. The van der Waals surface area contributed by atoms with Crippen LogP contribution in [0.3, 0.4) is 0 Å². The van der Waals surface area contributed by atoms with E-state index < -0.39 is 0 Å². The summed E-state index contributed by atoms with van der Waals surface area (Å²) in [5.74, 6) is 1.34. The number of nitrogens with zero attached hydrogens (tertiary/aromatic N) is 2. The van der Waals surface area contributed by atoms with Crippen molar-refractivity contribution in [1.29, 1.82) is 0 Å². The fraction of sp³-hybridized carbons (Fsp3) is 0.286. The van der Waals surface area contributed by atoms with E-state index in [1.807, 2.05) is 24.3 Å². The molecular formula is C14H15ClN2O2. The van der Waals surface area contributed by atoms with Gasteiger partial charge in [-0.3, -0.25) is 0 Å². The predicted molar refractivity (Wildman–Crippen MR) is 73.9 cm³/mol. The SMILES string of the molecule is COc1cccc(C(Cl)Cc2cc(OC)ncn2)c1. The molecule has 1 heterocycles. The molecule has 0 aliphatic carbocycles. The molecule has 0 amide bonds. The van der Waals surface area contributed by atoms with Crippen molar-refractivity contribution in [3.63, 3.8) is 0 Å². The fourth-order valence-corrected chi connectivity index (χ4v) is 2.03. The summed E-state index contributed by atoms with van der Waals surface area (Å²) in [5, 5.41) is -0.172. The molecular weight excluding hydrogens is 264 g/mol. The van der Waals surface area contributed by atoms with Gasteiger partial charge in [-0.05, 0) is 17.7 Å². The molecule has 0 spiro atoms. The van der Waals surface area contributed by atoms with Crippen LogP contribution in [-0.4, -0.2) is 24.2 Å². The van der Waals surface area contributed by atoms with Crippen LogP contribution in [0.15, 0.2) is 36.7 Å². The van der Waals surface area contributed by atoms with Crippen molar-refractivity contribution in [2.75, 3.05) is 14.2 Å². The number of benzene rings is 1. The summed E-state index contributed by atoms with van der Waals surface area (Å²) in [6.45, 7) is 0. The highest BCUT2D eigenvalue weighted by molar-refractivity contribution is 6.20. The van der Waals surface area contributed by atoms with E-state index in [0.717, 1.165) is 17.0 Å². The third-order valence-corrected chi connectivity index (χ3v) is 3.16. The Balaban J connectivity index is 2.13. The minimum Gasteiger partial charge on any atom is -0.497 e. The number of rotatable bonds is 5. The maximum atomic E-state index is 6.41. The first-order valence-corrected chi connectivity index (χ1v) is 6.29. The molecule has 0 saturated heterocycles. The lowest BCUT2D eigenvalue weighted by molar-refractivity contribution is 0.396. The zero-order chi connectivity index (χ0) is 13.7. The second-order valence-electron chi connectivity index (χ2n) is 4.00. The normalized spacial score (nSPS) is 11.9. The molecule has 1 atom stereocenters. The van der Waals surface area contributed by atoms with Gasteiger partial charge < -0.3 is 9.47 Å². The summed E-state index contributed by atoms with van der Waals surface area (Å²) >= 11 is 6.41. The van der Waals surface area contributed by atoms with Crippen LogP contribution in [0.25, 0.3) is 0 Å². The number of halogens is 1. The van der Waals surface area contributed by atoms with E-state index in [0.29, 0.717) is 12.3 Å². The third-order valence-electron chi connectivity index (χ3n) is 2.75. The average molecular weight is 279 g/mol. The van der Waals surface area contributed by atoms with E-state index in [2.05, 4.69) is 9.97 Å². The lowest BCUT2D eigenvalue weighted by Crippen LogP contribution is -2.00. The van der Waals surface area contributed by atoms with Gasteiger partial charge in [0.15, 0.2) is 0 Å². The largest absolute Gasteiger partial charge is 0.497 e. The van der Waals surface area contributed by atoms with Crippen LogP contribution in [0.1, 0.15) is 16.6 Å². The molecule has 19 heavy (non-hydrogen) atoms. The zero-order valence-corrected chi connectivity index (χ0v) is 11.6. The molecule has 0 saturated carbocycles. The summed E-state index contributed by atoms with van der Waals surface area (Å²) in [6.07, 6.45) is 2.08. The topological polar surface area (TPSA) is 44.2 Å². The van der Waals surface area contributed by atoms with Crippen molar-refractivity contribution in [1.82, 2.24) is 9.97 Å². The van der Waals surface area contributed by atoms with Crippen molar-refractivity contribution in [2.45, 2.75) is 11.8 Å². The Kier molecular flexibility index (Phi) is 4.58. The van der Waals surface area contributed by atoms with Crippen LogP contribution < -0.4 is 9.47 Å². The highest BCUT2D eigenvalue weighted by Crippen LogP contribution is 2.27. The van der Waals surface area contributed by atoms with Crippen molar-refractivity contribution in [3.8, 4) is 11.6 Å². The molecule has 2 rings (SSSR count). The average Bonchev–Trinajstić information content (AvgIpc) is 2.47. The molecule has 100 valence electrons. The summed E-state index contributed by atoms with van der Waals surface area (Å²) in [5.41, 5.74) is 1.84. The summed E-state index contributed by atoms with van der Waals surface area (Å²) in [4.78, 5) is 8.16. The third kappa shape index (κ3) is 3.58. The monoisotopic (exact) mass is 278 g/mol. The Morgan fingerprint density at radius 2 is 2.00 bits per heavy atom. The van der Waals surface area contributed by atoms with Crippen molar-refractivity contribution >= 4 is 11.6 Å². The van der Waals surface area contributed by atoms with Crippen molar-refractivity contribution in [2.24, 2.45) is 0 Å². The Morgan fingerprint density at radius 3 is 2.74 bits per heavy atom. The van der Waals surface area contributed by atoms with Crippen LogP contribution in [0, 0.1) is 0 Å². The van der Waals surface area contributed by atoms with E-state index in [9.17, 15) is 0 Å². The minimum atomic E-state index is -0.172. The number of hydrogen-bond acceptors (Lipinski definition) is 4. The predicted octanol–water partition coefficient (Wildman–Crippen LogP) is 3.02. The Morgan fingerprint density at radius 1 is 1.16 bits per heavy atom. The van der Waals surface area contributed by atoms with Gasteiger partial charge >= 0.3 is 0 Å². The maximum Gasteiger partial charge on any atom is 0.216 e. The Labute approximate surface area is 117 Å². The first-order valence-electron chi connectivity index (χ1n) is 5.86. The van der Waals surface area contributed by atoms with Gasteiger partial charge in [-0.15, -0.1) is 11.6 Å². The molecule has 4 nitrogen and oxygen atoms in total. The number of alkyl halides is 1. The van der Waals surface area contributed by atoms with E-state index in [-0.39, 0.29) is 5.38 Å². The Bertz CT molecular complexity index is 548. The molecule has 0 aliphatic heterocycles. The summed E-state index contributed by atoms with van der Waals surface area (Å²) in [7, 11) is 3.21. The first-order chi connectivity index (χ1) is 9.22. The molecule has 1 unspecified atom stereocenters. The second-order valence-corrected chi connectivity index (χ2v) is 4.53. The number of hydrogen-bond donors (Lipinski definition) is 0. The van der Waals surface area contributed by atoms with Crippen molar-refractivity contribution in [3.05, 3.63) is 47.9 Å². The standard InChI is InChI=1S/C14H15ClN2O2/c1-18-12-5-3-4-10(6-12)13(15)7-11-8-14(19-2)17-9-16-11/h3-6,8-9,13H,7H2,1-2H3. The van der Waals surface area contributed by atoms with Gasteiger partial charge in [-0.25, -0.2) is 9.97 Å². The van der Waals surface area contributed by atoms with E-state index in [1.165, 1.54) is 6.33 Å². The van der Waals surface area contributed by atoms with Gasteiger partial charge in [0.25, 0.3) is 0 Å². The first kappa shape index (κ1) is 13.6. The minimum absolute atomic E-state index is 0.172. The van der Waals surface area contributed by atoms with E-state index in [1.54, 1.807) is 20.3 Å². The van der Waals surface area contributed by atoms with E-state index in [4.69, 9.17) is 21.1 Å². The smallest absolute Gasteiger partial charge is 0.216 e. The molecule has 5 heteroatoms. The number of methoxy groups -OCH3 is 2. The van der Waals surface area contributed by atoms with Gasteiger partial charge in [-0.1, -0.05) is 12.1 Å². The van der Waals surface area contributed by atoms with Gasteiger partial charge in [-0.2, -0.15) is 0 Å². The Hall–Kier alpha value is -1.81. The molecule has 1 aromatic carbocycles. The van der Waals surface area contributed by atoms with E-state index >= 15 is 0 Å². The van der Waals surface area contributed by atoms with Crippen molar-refractivity contribution < 1.29 is 9.47 Å². The lowest BCUT2D eigenvalue weighted by Gasteiger charge is -2.11. The molecule has 0 fully saturated rings. The molecule has 0 aliphatic rings. The summed E-state index contributed by atoms with van der Waals surface area (Å²) in [6, 6.07) is 9.50. The maximum absolute atomic E-state index is 6.41. The van der Waals surface area contributed by atoms with Gasteiger partial charge in [0.05, 0.1) is 19.6 Å². The summed E-state index contributed by atoms with van der Waals surface area (Å²) < 4.78 is 10.3. The second kappa shape index (κ2) is 6.38. The molecule has 2 aromatic rings. The van der Waals surface area contributed by atoms with Crippen LogP contribution in [0.2, 0.25) is 0 Å². The van der Waals surface area contributed by atoms with Crippen LogP contribution in [0.4, 0.5) is 0 Å². The highest BCUT2D eigenvalue weighted by atomic mass is 35.5. The van der Waals surface area contributed by atoms with Crippen LogP contribution in [-0.2, 0) is 6.42 Å². The fourth-order valence-electron chi connectivity index (χ4n) is 1.74. The number of aromatic nitrogens is 2. The molecule has 1 aromatic heterocycles.